The van der Waals surface area contributed by atoms with Gasteiger partial charge in [-0.15, -0.1) is 0 Å². The number of aliphatic hydroxyl groups is 1. The number of hydrogen-bond donors (Lipinski definition) is 2. The Morgan fingerprint density at radius 2 is 2.11 bits per heavy atom. The lowest BCUT2D eigenvalue weighted by Gasteiger charge is -2.29. The zero-order chi connectivity index (χ0) is 14.0. The van der Waals surface area contributed by atoms with Gasteiger partial charge in [0.25, 0.3) is 5.69 Å². The van der Waals surface area contributed by atoms with Crippen LogP contribution in [0, 0.1) is 15.9 Å². The second-order valence-corrected chi connectivity index (χ2v) is 5.05. The lowest BCUT2D eigenvalue weighted by atomic mass is 9.92. The van der Waals surface area contributed by atoms with Crippen LogP contribution in [0.25, 0.3) is 0 Å². The fourth-order valence-electron chi connectivity index (χ4n) is 2.28. The first-order chi connectivity index (χ1) is 8.99. The summed E-state index contributed by atoms with van der Waals surface area (Å²) in [7, 11) is 0. The lowest BCUT2D eigenvalue weighted by molar-refractivity contribution is -0.384. The zero-order valence-electron chi connectivity index (χ0n) is 10.1. The molecule has 1 fully saturated rings. The molecule has 104 valence electrons. The molecule has 2 rings (SSSR count). The lowest BCUT2D eigenvalue weighted by Crippen LogP contribution is -2.36. The fourth-order valence-corrected chi connectivity index (χ4v) is 2.45. The SMILES string of the molecule is O=[N+]([O-])c1cc(F)c(Cl)cc1NC1CCCCC1O. The third kappa shape index (κ3) is 3.13. The highest BCUT2D eigenvalue weighted by Crippen LogP contribution is 2.32. The molecule has 0 amide bonds. The Kier molecular flexibility index (Phi) is 4.21. The molecular weight excluding hydrogens is 275 g/mol. The Hall–Kier alpha value is -1.40. The van der Waals surface area contributed by atoms with Crippen molar-refractivity contribution in [1.29, 1.82) is 0 Å². The molecule has 0 radical (unpaired) electrons. The monoisotopic (exact) mass is 288 g/mol. The van der Waals surface area contributed by atoms with Gasteiger partial charge in [-0.1, -0.05) is 24.4 Å². The maximum atomic E-state index is 13.3. The van der Waals surface area contributed by atoms with Gasteiger partial charge in [-0.05, 0) is 18.9 Å². The molecule has 19 heavy (non-hydrogen) atoms. The molecule has 1 aromatic carbocycles. The third-order valence-electron chi connectivity index (χ3n) is 3.31. The number of nitrogens with zero attached hydrogens (tertiary/aromatic N) is 1. The van der Waals surface area contributed by atoms with Crippen molar-refractivity contribution in [3.63, 3.8) is 0 Å². The van der Waals surface area contributed by atoms with E-state index in [0.29, 0.717) is 12.8 Å². The number of nitro benzene ring substituents is 1. The predicted octanol–water partition coefficient (Wildman–Crippen LogP) is 3.10. The molecule has 0 aliphatic heterocycles. The van der Waals surface area contributed by atoms with Crippen LogP contribution >= 0.6 is 11.6 Å². The Morgan fingerprint density at radius 1 is 1.42 bits per heavy atom. The molecule has 2 unspecified atom stereocenters. The average Bonchev–Trinajstić information content (AvgIpc) is 2.36. The number of anilines is 1. The Balaban J connectivity index is 2.27. The van der Waals surface area contributed by atoms with Crippen LogP contribution in [0.4, 0.5) is 15.8 Å². The maximum absolute atomic E-state index is 13.3. The Morgan fingerprint density at radius 3 is 2.74 bits per heavy atom. The van der Waals surface area contributed by atoms with E-state index in [-0.39, 0.29) is 22.4 Å². The van der Waals surface area contributed by atoms with Crippen molar-refractivity contribution in [2.24, 2.45) is 0 Å². The van der Waals surface area contributed by atoms with E-state index >= 15 is 0 Å². The second-order valence-electron chi connectivity index (χ2n) is 4.64. The first-order valence-corrected chi connectivity index (χ1v) is 6.45. The topological polar surface area (TPSA) is 75.4 Å². The van der Waals surface area contributed by atoms with Crippen molar-refractivity contribution in [3.8, 4) is 0 Å². The summed E-state index contributed by atoms with van der Waals surface area (Å²) in [5.74, 6) is -0.830. The predicted molar refractivity (Wildman–Crippen MR) is 69.9 cm³/mol. The van der Waals surface area contributed by atoms with Crippen LogP contribution in [0.15, 0.2) is 12.1 Å². The molecular formula is C12H14ClFN2O3. The van der Waals surface area contributed by atoms with Crippen molar-refractivity contribution in [2.45, 2.75) is 37.8 Å². The minimum Gasteiger partial charge on any atom is -0.391 e. The van der Waals surface area contributed by atoms with Gasteiger partial charge in [0.05, 0.1) is 28.2 Å². The van der Waals surface area contributed by atoms with Crippen LogP contribution in [-0.4, -0.2) is 22.2 Å². The summed E-state index contributed by atoms with van der Waals surface area (Å²) in [5.41, 5.74) is -0.234. The molecule has 0 aromatic heterocycles. The summed E-state index contributed by atoms with van der Waals surface area (Å²) in [6, 6.07) is 1.71. The number of nitrogens with one attached hydrogen (secondary N) is 1. The van der Waals surface area contributed by atoms with Crippen LogP contribution in [0.1, 0.15) is 25.7 Å². The van der Waals surface area contributed by atoms with Gasteiger partial charge in [-0.25, -0.2) is 4.39 Å². The molecule has 0 bridgehead atoms. The van der Waals surface area contributed by atoms with Gasteiger partial charge in [0.15, 0.2) is 0 Å². The molecule has 1 aromatic rings. The fraction of sp³-hybridized carbons (Fsp3) is 0.500. The van der Waals surface area contributed by atoms with Crippen LogP contribution < -0.4 is 5.32 Å². The van der Waals surface area contributed by atoms with Gasteiger partial charge < -0.3 is 10.4 Å². The van der Waals surface area contributed by atoms with Crippen LogP contribution in [0.5, 0.6) is 0 Å². The Labute approximate surface area is 114 Å². The molecule has 0 spiro atoms. The molecule has 1 aliphatic carbocycles. The van der Waals surface area contributed by atoms with Gasteiger partial charge in [-0.3, -0.25) is 10.1 Å². The molecule has 1 saturated carbocycles. The van der Waals surface area contributed by atoms with E-state index in [9.17, 15) is 19.6 Å². The van der Waals surface area contributed by atoms with E-state index in [4.69, 9.17) is 11.6 Å². The molecule has 0 saturated heterocycles. The number of nitro groups is 1. The number of hydrogen-bond acceptors (Lipinski definition) is 4. The van der Waals surface area contributed by atoms with Crippen molar-refractivity contribution in [2.75, 3.05) is 5.32 Å². The first-order valence-electron chi connectivity index (χ1n) is 6.07. The smallest absolute Gasteiger partial charge is 0.295 e. The zero-order valence-corrected chi connectivity index (χ0v) is 10.9. The number of benzene rings is 1. The van der Waals surface area contributed by atoms with Crippen molar-refractivity contribution in [3.05, 3.63) is 33.1 Å². The van der Waals surface area contributed by atoms with Crippen LogP contribution in [0.2, 0.25) is 5.02 Å². The van der Waals surface area contributed by atoms with E-state index in [0.717, 1.165) is 18.9 Å². The number of aliphatic hydroxyl groups excluding tert-OH is 1. The molecule has 2 atom stereocenters. The summed E-state index contributed by atoms with van der Waals surface area (Å²) < 4.78 is 13.3. The van der Waals surface area contributed by atoms with Crippen molar-refractivity contribution < 1.29 is 14.4 Å². The van der Waals surface area contributed by atoms with Crippen molar-refractivity contribution >= 4 is 23.0 Å². The van der Waals surface area contributed by atoms with E-state index in [2.05, 4.69) is 5.32 Å². The molecule has 7 heteroatoms. The number of rotatable bonds is 3. The quantitative estimate of drug-likeness (QED) is 0.662. The summed E-state index contributed by atoms with van der Waals surface area (Å²) in [6.45, 7) is 0. The highest BCUT2D eigenvalue weighted by Gasteiger charge is 2.26. The summed E-state index contributed by atoms with van der Waals surface area (Å²) in [5, 5.41) is 23.5. The Bertz CT molecular complexity index is 498. The van der Waals surface area contributed by atoms with E-state index in [1.807, 2.05) is 0 Å². The number of halogens is 2. The van der Waals surface area contributed by atoms with Crippen LogP contribution in [0.3, 0.4) is 0 Å². The normalized spacial score (nSPS) is 23.1. The molecule has 0 heterocycles. The van der Waals surface area contributed by atoms with E-state index in [1.54, 1.807) is 0 Å². The van der Waals surface area contributed by atoms with E-state index in [1.165, 1.54) is 6.07 Å². The van der Waals surface area contributed by atoms with Gasteiger partial charge in [0.2, 0.25) is 0 Å². The standard InChI is InChI=1S/C12H14ClFN2O3/c13-7-5-10(11(16(18)19)6-8(7)14)15-9-3-1-2-4-12(9)17/h5-6,9,12,15,17H,1-4H2. The largest absolute Gasteiger partial charge is 0.391 e. The van der Waals surface area contributed by atoms with Crippen LogP contribution in [-0.2, 0) is 0 Å². The first kappa shape index (κ1) is 14.0. The third-order valence-corrected chi connectivity index (χ3v) is 3.60. The minimum atomic E-state index is -0.830. The molecule has 1 aliphatic rings. The van der Waals surface area contributed by atoms with Crippen molar-refractivity contribution in [1.82, 2.24) is 0 Å². The minimum absolute atomic E-state index is 0.141. The highest BCUT2D eigenvalue weighted by atomic mass is 35.5. The van der Waals surface area contributed by atoms with Gasteiger partial charge in [-0.2, -0.15) is 0 Å². The van der Waals surface area contributed by atoms with Gasteiger partial charge in [0, 0.05) is 0 Å². The summed E-state index contributed by atoms with van der Waals surface area (Å²) in [6.07, 6.45) is 2.69. The summed E-state index contributed by atoms with van der Waals surface area (Å²) in [4.78, 5) is 10.2. The average molecular weight is 289 g/mol. The van der Waals surface area contributed by atoms with Gasteiger partial charge in [0.1, 0.15) is 11.5 Å². The maximum Gasteiger partial charge on any atom is 0.295 e. The molecule has 5 nitrogen and oxygen atoms in total. The van der Waals surface area contributed by atoms with E-state index < -0.39 is 16.8 Å². The highest BCUT2D eigenvalue weighted by molar-refractivity contribution is 6.31. The van der Waals surface area contributed by atoms with Gasteiger partial charge >= 0.3 is 0 Å². The second kappa shape index (κ2) is 5.71. The summed E-state index contributed by atoms with van der Waals surface area (Å²) >= 11 is 5.64. The molecule has 2 N–H and O–H groups in total.